The first-order valence-corrected chi connectivity index (χ1v) is 11.5. The van der Waals surface area contributed by atoms with Crippen LogP contribution in [0.3, 0.4) is 0 Å². The third-order valence-corrected chi connectivity index (χ3v) is 6.53. The summed E-state index contributed by atoms with van der Waals surface area (Å²) < 4.78 is 7.31. The fourth-order valence-corrected chi connectivity index (χ4v) is 4.63. The van der Waals surface area contributed by atoms with Crippen LogP contribution in [0, 0.1) is 0 Å². The van der Waals surface area contributed by atoms with Crippen molar-refractivity contribution in [2.24, 2.45) is 7.05 Å². The van der Waals surface area contributed by atoms with Crippen molar-refractivity contribution in [2.75, 3.05) is 22.6 Å². The van der Waals surface area contributed by atoms with E-state index in [-0.39, 0.29) is 35.9 Å². The van der Waals surface area contributed by atoms with Gasteiger partial charge in [0.25, 0.3) is 5.91 Å². The molecule has 0 bridgehead atoms. The number of carbonyl (C=O) groups excluding carboxylic acids is 2. The van der Waals surface area contributed by atoms with Crippen LogP contribution in [0.4, 0.5) is 11.4 Å². The van der Waals surface area contributed by atoms with Gasteiger partial charge in [-0.1, -0.05) is 23.9 Å². The van der Waals surface area contributed by atoms with Gasteiger partial charge in [-0.25, -0.2) is 4.79 Å². The second kappa shape index (κ2) is 8.71. The highest BCUT2D eigenvalue weighted by Gasteiger charge is 2.32. The van der Waals surface area contributed by atoms with Crippen LogP contribution in [0.1, 0.15) is 18.8 Å². The predicted molar refractivity (Wildman–Crippen MR) is 127 cm³/mol. The summed E-state index contributed by atoms with van der Waals surface area (Å²) >= 11 is 1.24. The summed E-state index contributed by atoms with van der Waals surface area (Å²) in [5.74, 6) is 0.959. The van der Waals surface area contributed by atoms with Crippen LogP contribution >= 0.6 is 11.8 Å². The summed E-state index contributed by atoms with van der Waals surface area (Å²) in [7, 11) is 1.80. The first-order valence-electron chi connectivity index (χ1n) is 10.5. The minimum Gasteiger partial charge on any atom is -0.482 e. The Morgan fingerprint density at radius 3 is 2.82 bits per heavy atom. The lowest BCUT2D eigenvalue weighted by Gasteiger charge is -2.33. The molecule has 0 fully saturated rings. The minimum atomic E-state index is -0.381. The number of para-hydroxylation sites is 2. The molecule has 4 aromatic rings. The molecule has 11 nitrogen and oxygen atoms in total. The van der Waals surface area contributed by atoms with E-state index < -0.39 is 0 Å². The molecule has 34 heavy (non-hydrogen) atoms. The van der Waals surface area contributed by atoms with Crippen molar-refractivity contribution in [3.05, 3.63) is 58.8 Å². The molecule has 1 atom stereocenters. The van der Waals surface area contributed by atoms with Crippen molar-refractivity contribution in [1.82, 2.24) is 24.7 Å². The lowest BCUT2D eigenvalue weighted by atomic mass is 10.1. The number of carbonyl (C=O) groups is 2. The Bertz CT molecular complexity index is 1460. The molecule has 0 saturated heterocycles. The number of aromatic amines is 2. The van der Waals surface area contributed by atoms with E-state index in [1.165, 1.54) is 11.8 Å². The number of amides is 2. The van der Waals surface area contributed by atoms with Gasteiger partial charge in [-0.15, -0.1) is 10.2 Å². The molecule has 1 aliphatic rings. The first kappa shape index (κ1) is 21.8. The molecule has 5 rings (SSSR count). The fraction of sp³-hybridized carbons (Fsp3) is 0.227. The zero-order valence-corrected chi connectivity index (χ0v) is 19.2. The number of benzene rings is 2. The maximum absolute atomic E-state index is 12.6. The SMILES string of the molecule is C[C@@H](c1nnc(SCC(=O)Nc2ccc3[nH]c(=O)[nH]c3c2)n1C)N1C(=O)COc2ccccc21. The third-order valence-electron chi connectivity index (χ3n) is 5.51. The molecule has 12 heteroatoms. The molecule has 3 N–H and O–H groups in total. The molecule has 2 aromatic carbocycles. The van der Waals surface area contributed by atoms with Gasteiger partial charge in [0.15, 0.2) is 17.6 Å². The summed E-state index contributed by atoms with van der Waals surface area (Å²) in [4.78, 5) is 43.5. The number of fused-ring (bicyclic) bond motifs is 2. The normalized spacial score (nSPS) is 14.1. The van der Waals surface area contributed by atoms with Gasteiger partial charge in [-0.2, -0.15) is 0 Å². The van der Waals surface area contributed by atoms with Gasteiger partial charge < -0.3 is 24.6 Å². The van der Waals surface area contributed by atoms with Crippen LogP contribution in [0.25, 0.3) is 11.0 Å². The summed E-state index contributed by atoms with van der Waals surface area (Å²) in [5.41, 5.74) is 2.23. The maximum Gasteiger partial charge on any atom is 0.323 e. The number of nitrogens with zero attached hydrogens (tertiary/aromatic N) is 4. The molecule has 0 saturated carbocycles. The summed E-state index contributed by atoms with van der Waals surface area (Å²) in [6, 6.07) is 12.1. The molecule has 0 radical (unpaired) electrons. The Kier molecular flexibility index (Phi) is 5.57. The molecule has 1 aliphatic heterocycles. The summed E-state index contributed by atoms with van der Waals surface area (Å²) in [6.45, 7) is 1.84. The molecule has 3 heterocycles. The molecule has 0 unspecified atom stereocenters. The Morgan fingerprint density at radius 2 is 1.97 bits per heavy atom. The van der Waals surface area contributed by atoms with Crippen LogP contribution in [0.5, 0.6) is 5.75 Å². The van der Waals surface area contributed by atoms with Gasteiger partial charge in [0, 0.05) is 12.7 Å². The average molecular weight is 480 g/mol. The van der Waals surface area contributed by atoms with E-state index in [2.05, 4.69) is 25.5 Å². The predicted octanol–water partition coefficient (Wildman–Crippen LogP) is 2.20. The van der Waals surface area contributed by atoms with E-state index in [0.717, 1.165) is 0 Å². The molecule has 0 aliphatic carbocycles. The molecule has 174 valence electrons. The third kappa shape index (κ3) is 4.03. The minimum absolute atomic E-state index is 0.0383. The zero-order valence-electron chi connectivity index (χ0n) is 18.4. The summed E-state index contributed by atoms with van der Waals surface area (Å²) in [6.07, 6.45) is 0. The van der Waals surface area contributed by atoms with E-state index in [4.69, 9.17) is 4.74 Å². The zero-order chi connectivity index (χ0) is 23.8. The van der Waals surface area contributed by atoms with Gasteiger partial charge in [0.1, 0.15) is 5.75 Å². The second-order valence-corrected chi connectivity index (χ2v) is 8.71. The Hall–Kier alpha value is -4.06. The number of aromatic nitrogens is 5. The largest absolute Gasteiger partial charge is 0.482 e. The number of nitrogens with one attached hydrogen (secondary N) is 3. The number of imidazole rings is 1. The van der Waals surface area contributed by atoms with E-state index in [1.807, 2.05) is 31.2 Å². The molecule has 2 amide bonds. The van der Waals surface area contributed by atoms with Crippen molar-refractivity contribution in [2.45, 2.75) is 18.1 Å². The molecular weight excluding hydrogens is 458 g/mol. The number of thioether (sulfide) groups is 1. The van der Waals surface area contributed by atoms with Crippen LogP contribution in [-0.2, 0) is 16.6 Å². The fourth-order valence-electron chi connectivity index (χ4n) is 3.91. The quantitative estimate of drug-likeness (QED) is 0.361. The van der Waals surface area contributed by atoms with Gasteiger partial charge in [-0.05, 0) is 37.3 Å². The topological polar surface area (TPSA) is 138 Å². The Labute approximate surface area is 197 Å². The van der Waals surface area contributed by atoms with Gasteiger partial charge >= 0.3 is 5.69 Å². The highest BCUT2D eigenvalue weighted by molar-refractivity contribution is 7.99. The molecule has 0 spiro atoms. The van der Waals surface area contributed by atoms with Crippen LogP contribution in [-0.4, -0.2) is 48.9 Å². The van der Waals surface area contributed by atoms with Crippen LogP contribution in [0.15, 0.2) is 52.4 Å². The first-order chi connectivity index (χ1) is 16.4. The number of hydrogen-bond acceptors (Lipinski definition) is 7. The smallest absolute Gasteiger partial charge is 0.323 e. The van der Waals surface area contributed by atoms with Gasteiger partial charge in [-0.3, -0.25) is 14.5 Å². The van der Waals surface area contributed by atoms with Crippen molar-refractivity contribution < 1.29 is 14.3 Å². The lowest BCUT2D eigenvalue weighted by Crippen LogP contribution is -2.41. The van der Waals surface area contributed by atoms with Crippen LogP contribution in [0.2, 0.25) is 0 Å². The standard InChI is InChI=1S/C22H21N7O4S/c1-12(29-16-5-3-4-6-17(16)33-10-19(29)31)20-26-27-22(28(20)2)34-11-18(30)23-13-7-8-14-15(9-13)25-21(32)24-14/h3-9,12H,10-11H2,1-2H3,(H,23,30)(H2,24,25,32)/t12-/m0/s1. The summed E-state index contributed by atoms with van der Waals surface area (Å²) in [5, 5.41) is 11.9. The second-order valence-electron chi connectivity index (χ2n) is 7.77. The number of rotatable bonds is 6. The number of H-pyrrole nitrogens is 2. The van der Waals surface area contributed by atoms with E-state index in [1.54, 1.807) is 34.7 Å². The van der Waals surface area contributed by atoms with Crippen molar-refractivity contribution in [3.63, 3.8) is 0 Å². The monoisotopic (exact) mass is 479 g/mol. The van der Waals surface area contributed by atoms with E-state index in [0.29, 0.717) is 39.1 Å². The number of ether oxygens (including phenoxy) is 1. The lowest BCUT2D eigenvalue weighted by molar-refractivity contribution is -0.121. The van der Waals surface area contributed by atoms with Crippen LogP contribution < -0.4 is 20.6 Å². The molecular formula is C22H21N7O4S. The average Bonchev–Trinajstić information content (AvgIpc) is 3.38. The number of anilines is 2. The number of hydrogen-bond donors (Lipinski definition) is 3. The van der Waals surface area contributed by atoms with Crippen molar-refractivity contribution in [3.8, 4) is 5.75 Å². The Balaban J connectivity index is 1.27. The van der Waals surface area contributed by atoms with Crippen molar-refractivity contribution in [1.29, 1.82) is 0 Å². The van der Waals surface area contributed by atoms with E-state index in [9.17, 15) is 14.4 Å². The maximum atomic E-state index is 12.6. The highest BCUT2D eigenvalue weighted by atomic mass is 32.2. The van der Waals surface area contributed by atoms with Gasteiger partial charge in [0.05, 0.1) is 28.5 Å². The van der Waals surface area contributed by atoms with Gasteiger partial charge in [0.2, 0.25) is 5.91 Å². The highest BCUT2D eigenvalue weighted by Crippen LogP contribution is 2.37. The Morgan fingerprint density at radius 1 is 1.18 bits per heavy atom. The van der Waals surface area contributed by atoms with E-state index >= 15 is 0 Å². The molecule has 2 aromatic heterocycles. The van der Waals surface area contributed by atoms with Crippen molar-refractivity contribution >= 4 is 46.0 Å².